The first kappa shape index (κ1) is 12.1. The van der Waals surface area contributed by atoms with E-state index in [4.69, 9.17) is 4.74 Å². The van der Waals surface area contributed by atoms with Crippen LogP contribution in [0.3, 0.4) is 0 Å². The summed E-state index contributed by atoms with van der Waals surface area (Å²) < 4.78 is 18.4. The Bertz CT molecular complexity index is 428. The Balaban J connectivity index is 2.16. The number of halogens is 1. The summed E-state index contributed by atoms with van der Waals surface area (Å²) in [6, 6.07) is 4.82. The topological polar surface area (TPSA) is 29.5 Å². The van der Waals surface area contributed by atoms with Crippen molar-refractivity contribution in [3.63, 3.8) is 0 Å². The van der Waals surface area contributed by atoms with Gasteiger partial charge in [-0.15, -0.1) is 0 Å². The van der Waals surface area contributed by atoms with Crippen LogP contribution in [0.15, 0.2) is 30.4 Å². The van der Waals surface area contributed by atoms with Crippen molar-refractivity contribution in [2.24, 2.45) is 0 Å². The van der Waals surface area contributed by atoms with Crippen LogP contribution in [0, 0.1) is 5.82 Å². The van der Waals surface area contributed by atoms with E-state index in [-0.39, 0.29) is 11.6 Å². The maximum absolute atomic E-state index is 13.5. The molecule has 0 aliphatic heterocycles. The van der Waals surface area contributed by atoms with Gasteiger partial charge < -0.3 is 9.84 Å². The van der Waals surface area contributed by atoms with Gasteiger partial charge in [-0.1, -0.05) is 18.2 Å². The highest BCUT2D eigenvalue weighted by Crippen LogP contribution is 2.27. The zero-order valence-electron chi connectivity index (χ0n) is 9.95. The van der Waals surface area contributed by atoms with Gasteiger partial charge in [-0.3, -0.25) is 0 Å². The van der Waals surface area contributed by atoms with Crippen LogP contribution in [-0.4, -0.2) is 17.8 Å². The average Bonchev–Trinajstić information content (AvgIpc) is 2.29. The second-order valence-corrected chi connectivity index (χ2v) is 4.54. The molecule has 0 spiro atoms. The van der Waals surface area contributed by atoms with Crippen LogP contribution < -0.4 is 4.74 Å². The molecule has 1 atom stereocenters. The third-order valence-corrected chi connectivity index (χ3v) is 3.14. The number of hydrogen-bond acceptors (Lipinski definition) is 2. The minimum absolute atomic E-state index is 0.236. The lowest BCUT2D eigenvalue weighted by atomic mass is 9.85. The minimum atomic E-state index is -0.820. The number of allylic oxidation sites excluding steroid dienone is 1. The molecule has 0 fully saturated rings. The zero-order valence-corrected chi connectivity index (χ0v) is 9.95. The summed E-state index contributed by atoms with van der Waals surface area (Å²) >= 11 is 0. The van der Waals surface area contributed by atoms with E-state index in [1.165, 1.54) is 13.2 Å². The van der Waals surface area contributed by atoms with Crippen molar-refractivity contribution in [1.82, 2.24) is 0 Å². The number of rotatable bonds is 3. The smallest absolute Gasteiger partial charge is 0.165 e. The molecule has 0 amide bonds. The summed E-state index contributed by atoms with van der Waals surface area (Å²) in [5, 5.41) is 10.3. The first-order chi connectivity index (χ1) is 8.13. The van der Waals surface area contributed by atoms with Crippen LogP contribution in [-0.2, 0) is 6.42 Å². The van der Waals surface area contributed by atoms with E-state index in [1.807, 2.05) is 12.2 Å². The van der Waals surface area contributed by atoms with Crippen LogP contribution in [0.2, 0.25) is 0 Å². The Morgan fingerprint density at radius 2 is 2.29 bits per heavy atom. The monoisotopic (exact) mass is 236 g/mol. The van der Waals surface area contributed by atoms with Gasteiger partial charge in [-0.25, -0.2) is 4.39 Å². The van der Waals surface area contributed by atoms with Gasteiger partial charge >= 0.3 is 0 Å². The summed E-state index contributed by atoms with van der Waals surface area (Å²) in [6.07, 6.45) is 6.99. The van der Waals surface area contributed by atoms with Gasteiger partial charge in [0.2, 0.25) is 0 Å². The maximum Gasteiger partial charge on any atom is 0.165 e. The highest BCUT2D eigenvalue weighted by Gasteiger charge is 2.25. The second-order valence-electron chi connectivity index (χ2n) is 4.54. The van der Waals surface area contributed by atoms with Gasteiger partial charge in [-0.05, 0) is 37.0 Å². The molecule has 1 aromatic rings. The SMILES string of the molecule is COc1ccc(CC2(O)C=CCCC2)cc1F. The third kappa shape index (κ3) is 2.86. The molecule has 3 heteroatoms. The quantitative estimate of drug-likeness (QED) is 0.818. The molecule has 1 unspecified atom stereocenters. The van der Waals surface area contributed by atoms with E-state index in [0.717, 1.165) is 24.8 Å². The standard InChI is InChI=1S/C14H17FO2/c1-17-13-6-5-11(9-12(13)15)10-14(16)7-3-2-4-8-14/h3,5-7,9,16H,2,4,8,10H2,1H3. The second kappa shape index (κ2) is 4.88. The van der Waals surface area contributed by atoms with E-state index in [9.17, 15) is 9.50 Å². The molecule has 1 aromatic carbocycles. The van der Waals surface area contributed by atoms with Crippen LogP contribution in [0.1, 0.15) is 24.8 Å². The highest BCUT2D eigenvalue weighted by molar-refractivity contribution is 5.31. The fourth-order valence-electron chi connectivity index (χ4n) is 2.23. The number of benzene rings is 1. The van der Waals surface area contributed by atoms with Crippen LogP contribution in [0.5, 0.6) is 5.75 Å². The first-order valence-electron chi connectivity index (χ1n) is 5.85. The van der Waals surface area contributed by atoms with Crippen molar-refractivity contribution >= 4 is 0 Å². The van der Waals surface area contributed by atoms with Gasteiger partial charge in [0.1, 0.15) is 0 Å². The van der Waals surface area contributed by atoms with Crippen LogP contribution >= 0.6 is 0 Å². The largest absolute Gasteiger partial charge is 0.494 e. The van der Waals surface area contributed by atoms with E-state index in [2.05, 4.69) is 0 Å². The summed E-state index contributed by atoms with van der Waals surface area (Å²) in [7, 11) is 1.44. The number of aliphatic hydroxyl groups is 1. The van der Waals surface area contributed by atoms with Gasteiger partial charge in [0, 0.05) is 6.42 Å². The van der Waals surface area contributed by atoms with Crippen molar-refractivity contribution in [2.45, 2.75) is 31.3 Å². The summed E-state index contributed by atoms with van der Waals surface area (Å²) in [4.78, 5) is 0. The van der Waals surface area contributed by atoms with Crippen molar-refractivity contribution in [3.05, 3.63) is 41.7 Å². The highest BCUT2D eigenvalue weighted by atomic mass is 19.1. The number of ether oxygens (including phenoxy) is 1. The van der Waals surface area contributed by atoms with E-state index in [0.29, 0.717) is 6.42 Å². The number of hydrogen-bond donors (Lipinski definition) is 1. The van der Waals surface area contributed by atoms with Crippen molar-refractivity contribution in [1.29, 1.82) is 0 Å². The molecule has 0 radical (unpaired) electrons. The lowest BCUT2D eigenvalue weighted by Gasteiger charge is -2.27. The van der Waals surface area contributed by atoms with Crippen molar-refractivity contribution in [2.75, 3.05) is 7.11 Å². The molecule has 0 saturated carbocycles. The zero-order chi connectivity index (χ0) is 12.3. The molecule has 2 nitrogen and oxygen atoms in total. The molecular formula is C14H17FO2. The molecule has 2 rings (SSSR count). The van der Waals surface area contributed by atoms with Gasteiger partial charge in [0.15, 0.2) is 11.6 Å². The Kier molecular flexibility index (Phi) is 3.48. The van der Waals surface area contributed by atoms with Crippen molar-refractivity contribution < 1.29 is 14.2 Å². The lowest BCUT2D eigenvalue weighted by molar-refractivity contribution is 0.0750. The molecule has 1 aliphatic carbocycles. The van der Waals surface area contributed by atoms with Gasteiger partial charge in [0.25, 0.3) is 0 Å². The predicted octanol–water partition coefficient (Wildman–Crippen LogP) is 2.85. The van der Waals surface area contributed by atoms with E-state index >= 15 is 0 Å². The van der Waals surface area contributed by atoms with Gasteiger partial charge in [0.05, 0.1) is 12.7 Å². The van der Waals surface area contributed by atoms with Crippen LogP contribution in [0.25, 0.3) is 0 Å². The van der Waals surface area contributed by atoms with E-state index < -0.39 is 5.60 Å². The first-order valence-corrected chi connectivity index (χ1v) is 5.85. The Morgan fingerprint density at radius 1 is 1.47 bits per heavy atom. The summed E-state index contributed by atoms with van der Waals surface area (Å²) in [6.45, 7) is 0. The van der Waals surface area contributed by atoms with E-state index in [1.54, 1.807) is 12.1 Å². The Hall–Kier alpha value is -1.35. The molecule has 0 saturated heterocycles. The van der Waals surface area contributed by atoms with Gasteiger partial charge in [-0.2, -0.15) is 0 Å². The summed E-state index contributed by atoms with van der Waals surface area (Å²) in [5.41, 5.74) is -0.0309. The van der Waals surface area contributed by atoms with Crippen LogP contribution in [0.4, 0.5) is 4.39 Å². The molecular weight excluding hydrogens is 219 g/mol. The summed E-state index contributed by atoms with van der Waals surface area (Å²) in [5.74, 6) is -0.145. The third-order valence-electron chi connectivity index (χ3n) is 3.14. The molecule has 0 heterocycles. The average molecular weight is 236 g/mol. The fourth-order valence-corrected chi connectivity index (χ4v) is 2.23. The fraction of sp³-hybridized carbons (Fsp3) is 0.429. The molecule has 0 bridgehead atoms. The predicted molar refractivity (Wildman–Crippen MR) is 64.6 cm³/mol. The molecule has 1 aliphatic rings. The molecule has 92 valence electrons. The lowest BCUT2D eigenvalue weighted by Crippen LogP contribution is -2.30. The molecule has 0 aromatic heterocycles. The maximum atomic E-state index is 13.5. The molecule has 1 N–H and O–H groups in total. The Labute approximate surface area is 101 Å². The van der Waals surface area contributed by atoms with Crippen molar-refractivity contribution in [3.8, 4) is 5.75 Å². The minimum Gasteiger partial charge on any atom is -0.494 e. The molecule has 17 heavy (non-hydrogen) atoms. The normalized spacial score (nSPS) is 23.7. The Morgan fingerprint density at radius 3 is 2.88 bits per heavy atom. The number of methoxy groups -OCH3 is 1.